The van der Waals surface area contributed by atoms with Crippen LogP contribution in [0.4, 0.5) is 0 Å². The Morgan fingerprint density at radius 1 is 1.50 bits per heavy atom. The Balaban J connectivity index is 2.13. The summed E-state index contributed by atoms with van der Waals surface area (Å²) >= 11 is 5.04. The topological polar surface area (TPSA) is 50.9 Å². The molecule has 2 aromatic rings. The summed E-state index contributed by atoms with van der Waals surface area (Å²) < 4.78 is 1.08. The number of thiazole rings is 1. The molecule has 0 aliphatic heterocycles. The molecular weight excluding hydrogens is 286 g/mol. The molecule has 0 saturated carbocycles. The van der Waals surface area contributed by atoms with Crippen LogP contribution in [0.5, 0.6) is 0 Å². The van der Waals surface area contributed by atoms with E-state index in [9.17, 15) is 0 Å². The van der Waals surface area contributed by atoms with E-state index in [4.69, 9.17) is 5.84 Å². The molecule has 0 amide bonds. The van der Waals surface area contributed by atoms with Crippen molar-refractivity contribution in [3.05, 3.63) is 50.9 Å². The molecule has 1 aromatic heterocycles. The summed E-state index contributed by atoms with van der Waals surface area (Å²) in [4.78, 5) is 4.27. The number of nitrogens with zero attached hydrogens (tertiary/aromatic N) is 1. The fourth-order valence-electron chi connectivity index (χ4n) is 1.54. The van der Waals surface area contributed by atoms with E-state index in [1.165, 1.54) is 5.56 Å². The van der Waals surface area contributed by atoms with Crippen LogP contribution in [0.15, 0.2) is 39.6 Å². The van der Waals surface area contributed by atoms with Crippen LogP contribution in [-0.2, 0) is 6.42 Å². The molecule has 1 atom stereocenters. The molecule has 1 unspecified atom stereocenters. The minimum Gasteiger partial charge on any atom is -0.271 e. The molecule has 3 nitrogen and oxygen atoms in total. The van der Waals surface area contributed by atoms with E-state index in [1.54, 1.807) is 11.3 Å². The summed E-state index contributed by atoms with van der Waals surface area (Å²) in [7, 11) is 0. The first kappa shape index (κ1) is 11.7. The highest BCUT2D eigenvalue weighted by Crippen LogP contribution is 2.19. The number of halogens is 1. The first-order valence-corrected chi connectivity index (χ1v) is 6.62. The minimum absolute atomic E-state index is 0.0700. The predicted octanol–water partition coefficient (Wildman–Crippen LogP) is 2.65. The van der Waals surface area contributed by atoms with Gasteiger partial charge in [0.2, 0.25) is 0 Å². The summed E-state index contributed by atoms with van der Waals surface area (Å²) in [6.07, 6.45) is 0.833. The third-order valence-electron chi connectivity index (χ3n) is 2.34. The molecule has 3 N–H and O–H groups in total. The number of hydrazine groups is 1. The van der Waals surface area contributed by atoms with Gasteiger partial charge in [-0.1, -0.05) is 28.1 Å². The SMILES string of the molecule is NNC(Cc1cccc(Br)c1)c1cscn1. The highest BCUT2D eigenvalue weighted by Gasteiger charge is 2.12. The van der Waals surface area contributed by atoms with Crippen molar-refractivity contribution in [1.82, 2.24) is 10.4 Å². The van der Waals surface area contributed by atoms with Crippen molar-refractivity contribution in [2.75, 3.05) is 0 Å². The predicted molar refractivity (Wildman–Crippen MR) is 70.0 cm³/mol. The van der Waals surface area contributed by atoms with Crippen molar-refractivity contribution < 1.29 is 0 Å². The van der Waals surface area contributed by atoms with Gasteiger partial charge in [-0.15, -0.1) is 11.3 Å². The van der Waals surface area contributed by atoms with E-state index in [2.05, 4.69) is 38.5 Å². The van der Waals surface area contributed by atoms with Crippen molar-refractivity contribution >= 4 is 27.3 Å². The summed E-state index contributed by atoms with van der Waals surface area (Å²) in [6.45, 7) is 0. The molecular formula is C11H12BrN3S. The van der Waals surface area contributed by atoms with Gasteiger partial charge < -0.3 is 0 Å². The Morgan fingerprint density at radius 3 is 3.00 bits per heavy atom. The molecule has 84 valence electrons. The lowest BCUT2D eigenvalue weighted by molar-refractivity contribution is 0.541. The van der Waals surface area contributed by atoms with E-state index in [-0.39, 0.29) is 6.04 Å². The van der Waals surface area contributed by atoms with Gasteiger partial charge in [-0.05, 0) is 24.1 Å². The zero-order valence-corrected chi connectivity index (χ0v) is 11.0. The van der Waals surface area contributed by atoms with Crippen LogP contribution < -0.4 is 11.3 Å². The second-order valence-corrected chi connectivity index (χ2v) is 5.10. The maximum atomic E-state index is 5.55. The van der Waals surface area contributed by atoms with Gasteiger partial charge in [0.1, 0.15) is 0 Å². The quantitative estimate of drug-likeness (QED) is 0.674. The lowest BCUT2D eigenvalue weighted by atomic mass is 10.0. The van der Waals surface area contributed by atoms with Gasteiger partial charge in [0.05, 0.1) is 17.2 Å². The Morgan fingerprint density at radius 2 is 2.38 bits per heavy atom. The summed E-state index contributed by atoms with van der Waals surface area (Å²) in [5, 5.41) is 2.02. The van der Waals surface area contributed by atoms with Gasteiger partial charge in [0.25, 0.3) is 0 Å². The number of hydrogen-bond donors (Lipinski definition) is 2. The van der Waals surface area contributed by atoms with Gasteiger partial charge in [0.15, 0.2) is 0 Å². The van der Waals surface area contributed by atoms with Crippen LogP contribution in [0.25, 0.3) is 0 Å². The number of nitrogens with two attached hydrogens (primary N) is 1. The summed E-state index contributed by atoms with van der Waals surface area (Å²) in [5.74, 6) is 5.55. The van der Waals surface area contributed by atoms with Crippen LogP contribution in [0, 0.1) is 0 Å². The smallest absolute Gasteiger partial charge is 0.0795 e. The maximum Gasteiger partial charge on any atom is 0.0795 e. The lowest BCUT2D eigenvalue weighted by Gasteiger charge is -2.13. The van der Waals surface area contributed by atoms with Crippen LogP contribution in [0.1, 0.15) is 17.3 Å². The fourth-order valence-corrected chi connectivity index (χ4v) is 2.60. The van der Waals surface area contributed by atoms with Crippen molar-refractivity contribution in [2.45, 2.75) is 12.5 Å². The van der Waals surface area contributed by atoms with Gasteiger partial charge >= 0.3 is 0 Å². The summed E-state index contributed by atoms with van der Waals surface area (Å²) in [6, 6.07) is 8.28. The van der Waals surface area contributed by atoms with Gasteiger partial charge in [-0.25, -0.2) is 4.98 Å². The normalized spacial score (nSPS) is 12.6. The van der Waals surface area contributed by atoms with Gasteiger partial charge in [-0.3, -0.25) is 11.3 Å². The number of benzene rings is 1. The Kier molecular flexibility index (Phi) is 4.06. The number of aromatic nitrogens is 1. The van der Waals surface area contributed by atoms with Crippen molar-refractivity contribution in [3.8, 4) is 0 Å². The molecule has 0 spiro atoms. The molecule has 1 aromatic carbocycles. The standard InChI is InChI=1S/C11H12BrN3S/c12-9-3-1-2-8(4-9)5-10(15-13)11-6-16-7-14-11/h1-4,6-7,10,15H,5,13H2. The molecule has 0 fully saturated rings. The van der Waals surface area contributed by atoms with Crippen molar-refractivity contribution in [3.63, 3.8) is 0 Å². The average molecular weight is 298 g/mol. The molecule has 16 heavy (non-hydrogen) atoms. The number of rotatable bonds is 4. The zero-order valence-electron chi connectivity index (χ0n) is 8.56. The van der Waals surface area contributed by atoms with E-state index >= 15 is 0 Å². The Labute approximate surface area is 107 Å². The van der Waals surface area contributed by atoms with Crippen LogP contribution in [0.3, 0.4) is 0 Å². The molecule has 0 saturated heterocycles. The molecule has 0 radical (unpaired) electrons. The number of hydrogen-bond acceptors (Lipinski definition) is 4. The first-order valence-electron chi connectivity index (χ1n) is 4.88. The summed E-state index contributed by atoms with van der Waals surface area (Å²) in [5.41, 5.74) is 6.84. The molecule has 5 heteroatoms. The van der Waals surface area contributed by atoms with E-state index in [0.717, 1.165) is 16.6 Å². The second-order valence-electron chi connectivity index (χ2n) is 3.47. The van der Waals surface area contributed by atoms with E-state index < -0.39 is 0 Å². The number of nitrogens with one attached hydrogen (secondary N) is 1. The zero-order chi connectivity index (χ0) is 11.4. The van der Waals surface area contributed by atoms with E-state index in [0.29, 0.717) is 0 Å². The molecule has 0 aliphatic carbocycles. The third-order valence-corrected chi connectivity index (χ3v) is 3.44. The van der Waals surface area contributed by atoms with Crippen LogP contribution >= 0.6 is 27.3 Å². The van der Waals surface area contributed by atoms with Crippen LogP contribution in [0.2, 0.25) is 0 Å². The fraction of sp³-hybridized carbons (Fsp3) is 0.182. The highest BCUT2D eigenvalue weighted by atomic mass is 79.9. The molecule has 0 bridgehead atoms. The monoisotopic (exact) mass is 297 g/mol. The minimum atomic E-state index is 0.0700. The lowest BCUT2D eigenvalue weighted by Crippen LogP contribution is -2.29. The van der Waals surface area contributed by atoms with E-state index in [1.807, 2.05) is 23.0 Å². The van der Waals surface area contributed by atoms with Gasteiger partial charge in [-0.2, -0.15) is 0 Å². The van der Waals surface area contributed by atoms with Crippen molar-refractivity contribution in [1.29, 1.82) is 0 Å². The maximum absolute atomic E-state index is 5.55. The Hall–Kier alpha value is -0.750. The highest BCUT2D eigenvalue weighted by molar-refractivity contribution is 9.10. The first-order chi connectivity index (χ1) is 7.79. The average Bonchev–Trinajstić information content (AvgIpc) is 2.79. The molecule has 2 rings (SSSR count). The second kappa shape index (κ2) is 5.54. The van der Waals surface area contributed by atoms with Crippen LogP contribution in [-0.4, -0.2) is 4.98 Å². The van der Waals surface area contributed by atoms with Crippen molar-refractivity contribution in [2.24, 2.45) is 5.84 Å². The van der Waals surface area contributed by atoms with Gasteiger partial charge in [0, 0.05) is 9.85 Å². The Bertz CT molecular complexity index is 444. The largest absolute Gasteiger partial charge is 0.271 e. The molecule has 0 aliphatic rings. The third kappa shape index (κ3) is 2.89. The molecule has 1 heterocycles.